The molecule has 34 heavy (non-hydrogen) atoms. The minimum atomic E-state index is -0.529. The van der Waals surface area contributed by atoms with Crippen molar-refractivity contribution in [1.82, 2.24) is 0 Å². The zero-order chi connectivity index (χ0) is 23.6. The van der Waals surface area contributed by atoms with Gasteiger partial charge in [0.1, 0.15) is 11.5 Å². The smallest absolute Gasteiger partial charge is 0.324 e. The van der Waals surface area contributed by atoms with Gasteiger partial charge in [0.25, 0.3) is 5.91 Å². The zero-order valence-electron chi connectivity index (χ0n) is 19.1. The summed E-state index contributed by atoms with van der Waals surface area (Å²) in [5.41, 5.74) is 8.71. The number of anilines is 2. The molecule has 0 saturated heterocycles. The van der Waals surface area contributed by atoms with Gasteiger partial charge in [-0.2, -0.15) is 0 Å². The maximum atomic E-state index is 12.7. The SMILES string of the molecule is CC[N+]1(C)CCc2c(sc(NC(=O)Nc3ccc(C(=O)c4ccccc4)cc3)c2C(N)=O)C1.[I-]. The third-order valence-electron chi connectivity index (χ3n) is 6.20. The van der Waals surface area contributed by atoms with E-state index in [4.69, 9.17) is 5.73 Å². The molecule has 2 heterocycles. The lowest BCUT2D eigenvalue weighted by atomic mass is 10.0. The minimum Gasteiger partial charge on any atom is -1.00 e. The first-order valence-corrected chi connectivity index (χ1v) is 11.7. The third-order valence-corrected chi connectivity index (χ3v) is 7.33. The molecule has 1 unspecified atom stereocenters. The highest BCUT2D eigenvalue weighted by molar-refractivity contribution is 7.17. The number of likely N-dealkylation sites (N-methyl/N-ethyl adjacent to an activating group) is 1. The first-order valence-electron chi connectivity index (χ1n) is 10.9. The van der Waals surface area contributed by atoms with E-state index in [1.807, 2.05) is 18.2 Å². The second kappa shape index (κ2) is 10.7. The Morgan fingerprint density at radius 3 is 2.26 bits per heavy atom. The van der Waals surface area contributed by atoms with Crippen molar-refractivity contribution in [1.29, 1.82) is 0 Å². The molecule has 2 aromatic carbocycles. The first kappa shape index (κ1) is 25.9. The molecule has 4 rings (SSSR count). The van der Waals surface area contributed by atoms with Crippen molar-refractivity contribution < 1.29 is 42.8 Å². The Labute approximate surface area is 220 Å². The van der Waals surface area contributed by atoms with E-state index in [0.29, 0.717) is 27.4 Å². The average Bonchev–Trinajstić information content (AvgIpc) is 3.16. The second-order valence-corrected chi connectivity index (χ2v) is 9.60. The first-order chi connectivity index (χ1) is 15.8. The summed E-state index contributed by atoms with van der Waals surface area (Å²) < 4.78 is 0.894. The average molecular weight is 590 g/mol. The fraction of sp³-hybridized carbons (Fsp3) is 0.240. The van der Waals surface area contributed by atoms with E-state index in [2.05, 4.69) is 24.6 Å². The van der Waals surface area contributed by atoms with Gasteiger partial charge in [-0.15, -0.1) is 11.3 Å². The van der Waals surface area contributed by atoms with Crippen LogP contribution in [0.5, 0.6) is 0 Å². The largest absolute Gasteiger partial charge is 1.00 e. The number of hydrogen-bond acceptors (Lipinski definition) is 4. The van der Waals surface area contributed by atoms with Crippen LogP contribution < -0.4 is 40.3 Å². The summed E-state index contributed by atoms with van der Waals surface area (Å²) in [7, 11) is 2.19. The van der Waals surface area contributed by atoms with Gasteiger partial charge in [0.05, 0.1) is 30.6 Å². The van der Waals surface area contributed by atoms with Crippen molar-refractivity contribution >= 4 is 39.7 Å². The third kappa shape index (κ3) is 5.48. The Balaban J connectivity index is 0.00000324. The number of carbonyl (C=O) groups is 3. The Kier molecular flexibility index (Phi) is 8.11. The highest BCUT2D eigenvalue weighted by atomic mass is 127. The maximum absolute atomic E-state index is 12.7. The molecule has 7 nitrogen and oxygen atoms in total. The van der Waals surface area contributed by atoms with Crippen molar-refractivity contribution in [3.8, 4) is 0 Å². The molecule has 3 aromatic rings. The number of ketones is 1. The van der Waals surface area contributed by atoms with Gasteiger partial charge in [-0.3, -0.25) is 14.9 Å². The van der Waals surface area contributed by atoms with Gasteiger partial charge in [-0.05, 0) is 36.8 Å². The van der Waals surface area contributed by atoms with Crippen molar-refractivity contribution in [3.05, 3.63) is 81.7 Å². The number of rotatable bonds is 6. The number of halogens is 1. The molecule has 1 atom stereocenters. The lowest BCUT2D eigenvalue weighted by molar-refractivity contribution is -0.922. The van der Waals surface area contributed by atoms with Gasteiger partial charge in [-0.25, -0.2) is 4.79 Å². The number of thiophene rings is 1. The molecule has 0 saturated carbocycles. The van der Waals surface area contributed by atoms with E-state index < -0.39 is 11.9 Å². The highest BCUT2D eigenvalue weighted by Gasteiger charge is 2.33. The zero-order valence-corrected chi connectivity index (χ0v) is 22.0. The Bertz CT molecular complexity index is 1210. The number of benzene rings is 2. The second-order valence-electron chi connectivity index (χ2n) is 8.49. The maximum Gasteiger partial charge on any atom is 0.324 e. The van der Waals surface area contributed by atoms with E-state index in [0.717, 1.165) is 41.0 Å². The summed E-state index contributed by atoms with van der Waals surface area (Å²) in [4.78, 5) is 38.5. The van der Waals surface area contributed by atoms with Gasteiger partial charge in [0.15, 0.2) is 5.78 Å². The number of nitrogens with one attached hydrogen (secondary N) is 2. The molecule has 178 valence electrons. The number of amides is 3. The van der Waals surface area contributed by atoms with E-state index in [-0.39, 0.29) is 29.8 Å². The van der Waals surface area contributed by atoms with Crippen LogP contribution in [-0.2, 0) is 13.0 Å². The monoisotopic (exact) mass is 590 g/mol. The molecule has 4 N–H and O–H groups in total. The predicted molar refractivity (Wildman–Crippen MR) is 131 cm³/mol. The van der Waals surface area contributed by atoms with Gasteiger partial charge in [0.2, 0.25) is 0 Å². The molecule has 0 fully saturated rings. The lowest BCUT2D eigenvalue weighted by Crippen LogP contribution is -3.00. The molecule has 0 radical (unpaired) electrons. The van der Waals surface area contributed by atoms with Crippen molar-refractivity contribution in [2.24, 2.45) is 5.73 Å². The fourth-order valence-corrected chi connectivity index (χ4v) is 5.48. The standard InChI is InChI=1S/C25H26N4O3S.HI/c1-3-29(2)14-13-19-20(15-29)33-24(21(19)23(26)31)28-25(32)27-18-11-9-17(10-12-18)22(30)16-7-5-4-6-8-16;/h4-12H,3,13-15H2,1-2H3,(H3-,26,27,28,30,31,32);1H. The fourth-order valence-electron chi connectivity index (χ4n) is 4.06. The molecule has 1 aliphatic heterocycles. The van der Waals surface area contributed by atoms with Crippen LogP contribution in [0.25, 0.3) is 0 Å². The number of nitrogens with zero attached hydrogens (tertiary/aromatic N) is 1. The Morgan fingerprint density at radius 1 is 1.00 bits per heavy atom. The van der Waals surface area contributed by atoms with Crippen LogP contribution in [0.15, 0.2) is 54.6 Å². The molecular formula is C25H27IN4O3S. The van der Waals surface area contributed by atoms with Gasteiger partial charge in [-0.1, -0.05) is 30.3 Å². The topological polar surface area (TPSA) is 101 Å². The van der Waals surface area contributed by atoms with Crippen LogP contribution >= 0.6 is 11.3 Å². The number of nitrogens with two attached hydrogens (primary N) is 1. The molecule has 0 spiro atoms. The molecule has 1 aromatic heterocycles. The number of quaternary nitrogens is 1. The highest BCUT2D eigenvalue weighted by Crippen LogP contribution is 2.38. The summed E-state index contributed by atoms with van der Waals surface area (Å²) in [6.07, 6.45) is 0.759. The van der Waals surface area contributed by atoms with Crippen LogP contribution in [0.4, 0.5) is 15.5 Å². The quantitative estimate of drug-likeness (QED) is 0.229. The molecule has 3 amide bonds. The summed E-state index contributed by atoms with van der Waals surface area (Å²) in [5.74, 6) is -0.612. The normalized spacial score (nSPS) is 16.6. The predicted octanol–water partition coefficient (Wildman–Crippen LogP) is 1.25. The summed E-state index contributed by atoms with van der Waals surface area (Å²) in [6, 6.07) is 15.3. The van der Waals surface area contributed by atoms with Gasteiger partial charge in [0, 0.05) is 23.2 Å². The van der Waals surface area contributed by atoms with E-state index in [9.17, 15) is 14.4 Å². The molecule has 0 bridgehead atoms. The van der Waals surface area contributed by atoms with Crippen LogP contribution in [0.3, 0.4) is 0 Å². The van der Waals surface area contributed by atoms with Crippen molar-refractivity contribution in [2.45, 2.75) is 19.9 Å². The van der Waals surface area contributed by atoms with Crippen LogP contribution in [0.2, 0.25) is 0 Å². The lowest BCUT2D eigenvalue weighted by Gasteiger charge is -2.36. The van der Waals surface area contributed by atoms with E-state index in [1.165, 1.54) is 11.3 Å². The van der Waals surface area contributed by atoms with Gasteiger partial charge >= 0.3 is 6.03 Å². The van der Waals surface area contributed by atoms with E-state index in [1.54, 1.807) is 36.4 Å². The summed E-state index contributed by atoms with van der Waals surface area (Å²) >= 11 is 1.42. The molecule has 0 aliphatic carbocycles. The minimum absolute atomic E-state index is 0. The molecule has 1 aliphatic rings. The number of hydrogen-bond donors (Lipinski definition) is 3. The Hall–Kier alpha value is -2.76. The van der Waals surface area contributed by atoms with Crippen molar-refractivity contribution in [2.75, 3.05) is 30.8 Å². The number of carbonyl (C=O) groups excluding carboxylic acids is 3. The molecular weight excluding hydrogens is 563 g/mol. The summed E-state index contributed by atoms with van der Waals surface area (Å²) in [5, 5.41) is 6.04. The van der Waals surface area contributed by atoms with E-state index >= 15 is 0 Å². The van der Waals surface area contributed by atoms with Gasteiger partial charge < -0.3 is 39.5 Å². The Morgan fingerprint density at radius 2 is 1.65 bits per heavy atom. The van der Waals surface area contributed by atoms with Crippen LogP contribution in [0.1, 0.15) is 43.6 Å². The number of fused-ring (bicyclic) bond motifs is 1. The van der Waals surface area contributed by atoms with Crippen LogP contribution in [0, 0.1) is 0 Å². The number of primary amides is 1. The van der Waals surface area contributed by atoms with Crippen LogP contribution in [-0.4, -0.2) is 42.3 Å². The van der Waals surface area contributed by atoms with Crippen molar-refractivity contribution in [3.63, 3.8) is 0 Å². The number of urea groups is 1. The molecule has 9 heteroatoms. The summed E-state index contributed by atoms with van der Waals surface area (Å²) in [6.45, 7) is 4.89.